The van der Waals surface area contributed by atoms with Gasteiger partial charge in [-0.25, -0.2) is 14.1 Å². The van der Waals surface area contributed by atoms with Crippen LogP contribution in [0.15, 0.2) is 65.8 Å². The maximum absolute atomic E-state index is 13.7. The van der Waals surface area contributed by atoms with E-state index in [-0.39, 0.29) is 24.2 Å². The zero-order valence-electron chi connectivity index (χ0n) is 15.8. The fourth-order valence-electron chi connectivity index (χ4n) is 3.12. The van der Waals surface area contributed by atoms with Crippen molar-refractivity contribution in [2.24, 2.45) is 0 Å². The molecule has 2 aromatic carbocycles. The van der Waals surface area contributed by atoms with E-state index in [0.29, 0.717) is 22.6 Å². The van der Waals surface area contributed by atoms with Crippen LogP contribution in [-0.4, -0.2) is 31.8 Å². The number of nitrogens with zero attached hydrogens (tertiary/aromatic N) is 4. The van der Waals surface area contributed by atoms with Crippen molar-refractivity contribution in [2.75, 3.05) is 6.54 Å². The summed E-state index contributed by atoms with van der Waals surface area (Å²) in [4.78, 5) is 29.2. The fraction of sp³-hybridized carbons (Fsp3) is 0.143. The van der Waals surface area contributed by atoms with E-state index in [4.69, 9.17) is 11.6 Å². The highest BCUT2D eigenvalue weighted by Gasteiger charge is 2.13. The molecule has 4 rings (SSSR count). The lowest BCUT2D eigenvalue weighted by Crippen LogP contribution is -2.28. The average Bonchev–Trinajstić information content (AvgIpc) is 3.14. The Balaban J connectivity index is 1.47. The summed E-state index contributed by atoms with van der Waals surface area (Å²) in [5, 5.41) is 7.82. The Kier molecular flexibility index (Phi) is 5.58. The first-order valence-electron chi connectivity index (χ1n) is 9.21. The van der Waals surface area contributed by atoms with Gasteiger partial charge in [0.25, 0.3) is 11.5 Å². The highest BCUT2D eigenvalue weighted by molar-refractivity contribution is 6.30. The number of aromatic nitrogens is 4. The predicted molar refractivity (Wildman–Crippen MR) is 111 cm³/mol. The predicted octanol–water partition coefficient (Wildman–Crippen LogP) is 2.86. The number of fused-ring (bicyclic) bond motifs is 1. The first kappa shape index (κ1) is 19.8. The number of carbonyl (C=O) groups excluding carboxylic acids is 1. The second-order valence-corrected chi connectivity index (χ2v) is 7.08. The molecule has 0 saturated heterocycles. The third kappa shape index (κ3) is 4.08. The Labute approximate surface area is 175 Å². The molecule has 2 heterocycles. The summed E-state index contributed by atoms with van der Waals surface area (Å²) in [7, 11) is 0. The van der Waals surface area contributed by atoms with E-state index in [2.05, 4.69) is 15.4 Å². The van der Waals surface area contributed by atoms with Gasteiger partial charge >= 0.3 is 0 Å². The zero-order chi connectivity index (χ0) is 21.1. The molecule has 0 aliphatic carbocycles. The quantitative estimate of drug-likeness (QED) is 0.515. The van der Waals surface area contributed by atoms with Gasteiger partial charge in [0.05, 0.1) is 24.8 Å². The summed E-state index contributed by atoms with van der Waals surface area (Å²) in [6.45, 7) is 0.831. The Morgan fingerprint density at radius 2 is 2.00 bits per heavy atom. The minimum atomic E-state index is -0.582. The Hall–Kier alpha value is -3.52. The Bertz CT molecular complexity index is 1280. The van der Waals surface area contributed by atoms with Gasteiger partial charge in [-0.1, -0.05) is 35.9 Å². The van der Waals surface area contributed by atoms with E-state index in [1.165, 1.54) is 40.0 Å². The van der Waals surface area contributed by atoms with Crippen molar-refractivity contribution in [1.82, 2.24) is 24.6 Å². The topological polar surface area (TPSA) is 81.8 Å². The van der Waals surface area contributed by atoms with Gasteiger partial charge in [-0.2, -0.15) is 5.10 Å². The molecule has 0 bridgehead atoms. The molecule has 9 heteroatoms. The lowest BCUT2D eigenvalue weighted by Gasteiger charge is -2.08. The van der Waals surface area contributed by atoms with Crippen molar-refractivity contribution in [3.05, 3.63) is 93.4 Å². The number of rotatable bonds is 6. The number of hydrogen-bond donors (Lipinski definition) is 1. The lowest BCUT2D eigenvalue weighted by atomic mass is 10.2. The van der Waals surface area contributed by atoms with E-state index in [9.17, 15) is 14.0 Å². The monoisotopic (exact) mass is 425 g/mol. The van der Waals surface area contributed by atoms with Gasteiger partial charge in [0.2, 0.25) is 0 Å². The van der Waals surface area contributed by atoms with Crippen LogP contribution in [0.25, 0.3) is 11.0 Å². The molecule has 30 heavy (non-hydrogen) atoms. The smallest absolute Gasteiger partial charge is 0.264 e. The Morgan fingerprint density at radius 1 is 1.17 bits per heavy atom. The molecule has 2 aromatic heterocycles. The molecule has 152 valence electrons. The van der Waals surface area contributed by atoms with Gasteiger partial charge in [-0.15, -0.1) is 0 Å². The van der Waals surface area contributed by atoms with Crippen molar-refractivity contribution >= 4 is 28.5 Å². The van der Waals surface area contributed by atoms with Crippen LogP contribution in [0.5, 0.6) is 0 Å². The summed E-state index contributed by atoms with van der Waals surface area (Å²) in [6, 6.07) is 13.0. The van der Waals surface area contributed by atoms with Crippen LogP contribution in [0.3, 0.4) is 0 Å². The van der Waals surface area contributed by atoms with Crippen molar-refractivity contribution in [3.8, 4) is 0 Å². The van der Waals surface area contributed by atoms with Crippen molar-refractivity contribution < 1.29 is 9.18 Å². The molecule has 4 aromatic rings. The van der Waals surface area contributed by atoms with Gasteiger partial charge < -0.3 is 5.32 Å². The first-order valence-corrected chi connectivity index (χ1v) is 9.59. The first-order chi connectivity index (χ1) is 14.5. The normalized spacial score (nSPS) is 11.0. The molecule has 7 nitrogen and oxygen atoms in total. The number of nitrogens with one attached hydrogen (secondary N) is 1. The molecule has 1 N–H and O–H groups in total. The molecule has 0 aliphatic heterocycles. The van der Waals surface area contributed by atoms with Crippen molar-refractivity contribution in [2.45, 2.75) is 13.1 Å². The minimum Gasteiger partial charge on any atom is -0.350 e. The van der Waals surface area contributed by atoms with Gasteiger partial charge in [0.1, 0.15) is 17.5 Å². The molecule has 1 amide bonds. The minimum absolute atomic E-state index is 0.0233. The molecule has 0 radical (unpaired) electrons. The average molecular weight is 426 g/mol. The van der Waals surface area contributed by atoms with Gasteiger partial charge in [-0.05, 0) is 29.8 Å². The summed E-state index contributed by atoms with van der Waals surface area (Å²) < 4.78 is 16.7. The van der Waals surface area contributed by atoms with Crippen molar-refractivity contribution in [3.63, 3.8) is 0 Å². The second-order valence-electron chi connectivity index (χ2n) is 6.65. The maximum atomic E-state index is 13.7. The molecule has 0 saturated carbocycles. The molecule has 0 atom stereocenters. The van der Waals surface area contributed by atoms with Crippen LogP contribution in [0.2, 0.25) is 5.02 Å². The molecular weight excluding hydrogens is 409 g/mol. The summed E-state index contributed by atoms with van der Waals surface area (Å²) in [6.07, 6.45) is 2.92. The zero-order valence-corrected chi connectivity index (χ0v) is 16.5. The van der Waals surface area contributed by atoms with Crippen LogP contribution in [-0.2, 0) is 13.1 Å². The van der Waals surface area contributed by atoms with E-state index >= 15 is 0 Å². The summed E-state index contributed by atoms with van der Waals surface area (Å²) >= 11 is 6.00. The van der Waals surface area contributed by atoms with Crippen molar-refractivity contribution in [1.29, 1.82) is 0 Å². The van der Waals surface area contributed by atoms with E-state index in [1.54, 1.807) is 18.2 Å². The number of amides is 1. The van der Waals surface area contributed by atoms with Crippen LogP contribution >= 0.6 is 11.6 Å². The Morgan fingerprint density at radius 3 is 2.80 bits per heavy atom. The molecular formula is C21H17ClFN5O2. The third-order valence-electron chi connectivity index (χ3n) is 4.59. The van der Waals surface area contributed by atoms with E-state index in [1.807, 2.05) is 12.1 Å². The largest absolute Gasteiger partial charge is 0.350 e. The third-order valence-corrected chi connectivity index (χ3v) is 4.83. The molecule has 0 fully saturated rings. The summed E-state index contributed by atoms with van der Waals surface area (Å²) in [5.41, 5.74) is 1.06. The molecule has 0 unspecified atom stereocenters. The van der Waals surface area contributed by atoms with Gasteiger partial charge in [-0.3, -0.25) is 14.2 Å². The SMILES string of the molecule is O=C(NCCn1ncc2c(=O)n(Cc3cccc(Cl)c3)cnc21)c1ccccc1F. The number of benzene rings is 2. The highest BCUT2D eigenvalue weighted by Crippen LogP contribution is 2.12. The van der Waals surface area contributed by atoms with Crippen LogP contribution in [0.1, 0.15) is 15.9 Å². The van der Waals surface area contributed by atoms with E-state index in [0.717, 1.165) is 5.56 Å². The highest BCUT2D eigenvalue weighted by atomic mass is 35.5. The number of hydrogen-bond acceptors (Lipinski definition) is 4. The number of halogens is 2. The van der Waals surface area contributed by atoms with Crippen LogP contribution in [0.4, 0.5) is 4.39 Å². The van der Waals surface area contributed by atoms with Crippen LogP contribution in [0, 0.1) is 5.82 Å². The van der Waals surface area contributed by atoms with Gasteiger partial charge in [0, 0.05) is 11.6 Å². The number of carbonyl (C=O) groups is 1. The fourth-order valence-corrected chi connectivity index (χ4v) is 3.33. The van der Waals surface area contributed by atoms with E-state index < -0.39 is 11.7 Å². The maximum Gasteiger partial charge on any atom is 0.264 e. The standard InChI is InChI=1S/C21H17ClFN5O2/c22-15-5-3-4-14(10-15)12-27-13-25-19-17(21(27)30)11-26-28(19)9-8-24-20(29)16-6-1-2-7-18(16)23/h1-7,10-11,13H,8-9,12H2,(H,24,29). The summed E-state index contributed by atoms with van der Waals surface area (Å²) in [5.74, 6) is -1.09. The van der Waals surface area contributed by atoms with Crippen LogP contribution < -0.4 is 10.9 Å². The molecule has 0 spiro atoms. The van der Waals surface area contributed by atoms with Gasteiger partial charge in [0.15, 0.2) is 5.65 Å². The molecule has 0 aliphatic rings. The second kappa shape index (κ2) is 8.46. The lowest BCUT2D eigenvalue weighted by molar-refractivity contribution is 0.0948.